The molecule has 0 amide bonds. The second-order valence-corrected chi connectivity index (χ2v) is 4.35. The Labute approximate surface area is 105 Å². The number of pyridine rings is 1. The van der Waals surface area contributed by atoms with Crippen molar-refractivity contribution in [1.29, 1.82) is 0 Å². The highest BCUT2D eigenvalue weighted by molar-refractivity contribution is 5.81. The summed E-state index contributed by atoms with van der Waals surface area (Å²) in [5.41, 5.74) is 3.19. The van der Waals surface area contributed by atoms with Crippen molar-refractivity contribution in [2.45, 2.75) is 6.92 Å². The fourth-order valence-electron chi connectivity index (χ4n) is 1.98. The normalized spacial score (nSPS) is 10.8. The Bertz CT molecular complexity index is 719. The van der Waals surface area contributed by atoms with Crippen LogP contribution in [-0.2, 0) is 0 Å². The number of aryl methyl sites for hydroxylation is 1. The summed E-state index contributed by atoms with van der Waals surface area (Å²) < 4.78 is 13.6. The lowest BCUT2D eigenvalue weighted by atomic mass is 10.1. The van der Waals surface area contributed by atoms with E-state index in [1.54, 1.807) is 13.0 Å². The number of para-hydroxylation sites is 1. The molecule has 1 aromatic heterocycles. The van der Waals surface area contributed by atoms with Gasteiger partial charge in [0.1, 0.15) is 5.82 Å². The second-order valence-electron chi connectivity index (χ2n) is 4.35. The summed E-state index contributed by atoms with van der Waals surface area (Å²) in [4.78, 5) is 4.55. The van der Waals surface area contributed by atoms with E-state index in [0.717, 1.165) is 22.2 Å². The van der Waals surface area contributed by atoms with Crippen molar-refractivity contribution in [3.05, 3.63) is 66.0 Å². The standard InChI is InChI=1S/C16H12FN/c1-11-6-7-13(10-14(11)17)16-9-8-12-4-2-3-5-15(12)18-16/h2-10H,1H3. The summed E-state index contributed by atoms with van der Waals surface area (Å²) >= 11 is 0. The molecule has 0 radical (unpaired) electrons. The molecule has 0 unspecified atom stereocenters. The Morgan fingerprint density at radius 1 is 0.944 bits per heavy atom. The van der Waals surface area contributed by atoms with Crippen molar-refractivity contribution in [3.63, 3.8) is 0 Å². The van der Waals surface area contributed by atoms with Crippen LogP contribution in [0.4, 0.5) is 4.39 Å². The van der Waals surface area contributed by atoms with Crippen LogP contribution >= 0.6 is 0 Å². The van der Waals surface area contributed by atoms with Gasteiger partial charge in [0.2, 0.25) is 0 Å². The molecule has 0 saturated carbocycles. The van der Waals surface area contributed by atoms with E-state index >= 15 is 0 Å². The Morgan fingerprint density at radius 3 is 2.61 bits per heavy atom. The van der Waals surface area contributed by atoms with Gasteiger partial charge < -0.3 is 0 Å². The number of aromatic nitrogens is 1. The smallest absolute Gasteiger partial charge is 0.126 e. The molecule has 1 heterocycles. The van der Waals surface area contributed by atoms with E-state index in [0.29, 0.717) is 5.56 Å². The first-order valence-electron chi connectivity index (χ1n) is 5.86. The SMILES string of the molecule is Cc1ccc(-c2ccc3ccccc3n2)cc1F. The first-order chi connectivity index (χ1) is 8.74. The molecule has 1 nitrogen and oxygen atoms in total. The van der Waals surface area contributed by atoms with Gasteiger partial charge in [-0.15, -0.1) is 0 Å². The molecule has 2 aromatic carbocycles. The molecule has 3 aromatic rings. The molecule has 18 heavy (non-hydrogen) atoms. The minimum absolute atomic E-state index is 0.192. The van der Waals surface area contributed by atoms with Gasteiger partial charge in [0.25, 0.3) is 0 Å². The van der Waals surface area contributed by atoms with Crippen molar-refractivity contribution < 1.29 is 4.39 Å². The largest absolute Gasteiger partial charge is 0.248 e. The van der Waals surface area contributed by atoms with Gasteiger partial charge in [-0.05, 0) is 30.7 Å². The third-order valence-corrected chi connectivity index (χ3v) is 3.07. The van der Waals surface area contributed by atoms with E-state index in [2.05, 4.69) is 4.98 Å². The lowest BCUT2D eigenvalue weighted by Crippen LogP contribution is -1.88. The van der Waals surface area contributed by atoms with Crippen LogP contribution in [0.1, 0.15) is 5.56 Å². The quantitative estimate of drug-likeness (QED) is 0.613. The van der Waals surface area contributed by atoms with Crippen LogP contribution in [0.5, 0.6) is 0 Å². The topological polar surface area (TPSA) is 12.9 Å². The molecular formula is C16H12FN. The fourth-order valence-corrected chi connectivity index (χ4v) is 1.98. The van der Waals surface area contributed by atoms with Crippen molar-refractivity contribution >= 4 is 10.9 Å². The van der Waals surface area contributed by atoms with Gasteiger partial charge >= 0.3 is 0 Å². The lowest BCUT2D eigenvalue weighted by molar-refractivity contribution is 0.619. The minimum atomic E-state index is -0.192. The molecule has 0 spiro atoms. The molecule has 0 N–H and O–H groups in total. The summed E-state index contributed by atoms with van der Waals surface area (Å²) in [6.07, 6.45) is 0. The number of benzene rings is 2. The first kappa shape index (κ1) is 10.9. The molecule has 0 aliphatic carbocycles. The van der Waals surface area contributed by atoms with Crippen molar-refractivity contribution in [3.8, 4) is 11.3 Å². The zero-order valence-electron chi connectivity index (χ0n) is 10.0. The number of nitrogens with zero attached hydrogens (tertiary/aromatic N) is 1. The van der Waals surface area contributed by atoms with Gasteiger partial charge in [0, 0.05) is 10.9 Å². The van der Waals surface area contributed by atoms with Crippen LogP contribution in [-0.4, -0.2) is 4.98 Å². The van der Waals surface area contributed by atoms with Crippen LogP contribution in [0.15, 0.2) is 54.6 Å². The molecular weight excluding hydrogens is 225 g/mol. The molecule has 88 valence electrons. The van der Waals surface area contributed by atoms with Gasteiger partial charge in [-0.25, -0.2) is 9.37 Å². The predicted octanol–water partition coefficient (Wildman–Crippen LogP) is 4.35. The zero-order chi connectivity index (χ0) is 12.5. The van der Waals surface area contributed by atoms with Crippen LogP contribution in [0.3, 0.4) is 0 Å². The molecule has 0 fully saturated rings. The average Bonchev–Trinajstić information content (AvgIpc) is 2.41. The van der Waals surface area contributed by atoms with Crippen LogP contribution in [0.25, 0.3) is 22.2 Å². The molecule has 0 bridgehead atoms. The van der Waals surface area contributed by atoms with Crippen LogP contribution < -0.4 is 0 Å². The van der Waals surface area contributed by atoms with Gasteiger partial charge in [-0.2, -0.15) is 0 Å². The first-order valence-corrected chi connectivity index (χ1v) is 5.86. The van der Waals surface area contributed by atoms with Gasteiger partial charge in [-0.3, -0.25) is 0 Å². The molecule has 0 aliphatic rings. The summed E-state index contributed by atoms with van der Waals surface area (Å²) in [5.74, 6) is -0.192. The van der Waals surface area contributed by atoms with E-state index < -0.39 is 0 Å². The zero-order valence-corrected chi connectivity index (χ0v) is 10.0. The summed E-state index contributed by atoms with van der Waals surface area (Å²) in [6.45, 7) is 1.76. The van der Waals surface area contributed by atoms with Crippen LogP contribution in [0, 0.1) is 12.7 Å². The van der Waals surface area contributed by atoms with Crippen molar-refractivity contribution in [2.24, 2.45) is 0 Å². The van der Waals surface area contributed by atoms with Crippen molar-refractivity contribution in [1.82, 2.24) is 4.98 Å². The molecule has 2 heteroatoms. The molecule has 0 aliphatic heterocycles. The van der Waals surface area contributed by atoms with Gasteiger partial charge in [0.05, 0.1) is 11.2 Å². The maximum absolute atomic E-state index is 13.6. The van der Waals surface area contributed by atoms with Crippen LogP contribution in [0.2, 0.25) is 0 Å². The molecule has 0 saturated heterocycles. The van der Waals surface area contributed by atoms with E-state index in [4.69, 9.17) is 0 Å². The summed E-state index contributed by atoms with van der Waals surface area (Å²) in [5, 5.41) is 1.09. The lowest BCUT2D eigenvalue weighted by Gasteiger charge is -2.04. The van der Waals surface area contributed by atoms with Crippen molar-refractivity contribution in [2.75, 3.05) is 0 Å². The Kier molecular flexibility index (Phi) is 2.56. The average molecular weight is 237 g/mol. The highest BCUT2D eigenvalue weighted by atomic mass is 19.1. The van der Waals surface area contributed by atoms with E-state index in [1.807, 2.05) is 42.5 Å². The number of hydrogen-bond acceptors (Lipinski definition) is 1. The Balaban J connectivity index is 2.16. The Morgan fingerprint density at radius 2 is 1.78 bits per heavy atom. The van der Waals surface area contributed by atoms with Gasteiger partial charge in [0.15, 0.2) is 0 Å². The maximum Gasteiger partial charge on any atom is 0.126 e. The predicted molar refractivity (Wildman–Crippen MR) is 71.9 cm³/mol. The second kappa shape index (κ2) is 4.22. The fraction of sp³-hybridized carbons (Fsp3) is 0.0625. The van der Waals surface area contributed by atoms with E-state index in [9.17, 15) is 4.39 Å². The number of fused-ring (bicyclic) bond motifs is 1. The monoisotopic (exact) mass is 237 g/mol. The molecule has 3 rings (SSSR count). The number of hydrogen-bond donors (Lipinski definition) is 0. The maximum atomic E-state index is 13.6. The Hall–Kier alpha value is -2.22. The molecule has 0 atom stereocenters. The summed E-state index contributed by atoms with van der Waals surface area (Å²) in [6, 6.07) is 17.1. The summed E-state index contributed by atoms with van der Waals surface area (Å²) in [7, 11) is 0. The van der Waals surface area contributed by atoms with E-state index in [-0.39, 0.29) is 5.82 Å². The minimum Gasteiger partial charge on any atom is -0.248 e. The highest BCUT2D eigenvalue weighted by Gasteiger charge is 2.04. The third kappa shape index (κ3) is 1.86. The van der Waals surface area contributed by atoms with E-state index in [1.165, 1.54) is 6.07 Å². The number of rotatable bonds is 1. The van der Waals surface area contributed by atoms with Gasteiger partial charge in [-0.1, -0.05) is 36.4 Å². The third-order valence-electron chi connectivity index (χ3n) is 3.07. The number of halogens is 1. The highest BCUT2D eigenvalue weighted by Crippen LogP contribution is 2.22.